The number of halogens is 1. The zero-order valence-electron chi connectivity index (χ0n) is 16.3. The summed E-state index contributed by atoms with van der Waals surface area (Å²) in [5.74, 6) is -0.182. The van der Waals surface area contributed by atoms with Crippen LogP contribution in [0.15, 0.2) is 60.0 Å². The average Bonchev–Trinajstić information content (AvgIpc) is 3.37. The Balaban J connectivity index is 1.42. The Kier molecular flexibility index (Phi) is 5.91. The van der Waals surface area contributed by atoms with Crippen LogP contribution in [0.4, 0.5) is 10.1 Å². The number of anilines is 1. The summed E-state index contributed by atoms with van der Waals surface area (Å²) >= 11 is 2.76. The minimum absolute atomic E-state index is 0.257. The van der Waals surface area contributed by atoms with E-state index in [1.165, 1.54) is 58.5 Å². The summed E-state index contributed by atoms with van der Waals surface area (Å²) in [6, 6.07) is 11.9. The predicted octanol–water partition coefficient (Wildman–Crippen LogP) is 5.02. The molecule has 0 atom stereocenters. The minimum atomic E-state index is -0.368. The first-order valence-corrected chi connectivity index (χ1v) is 10.9. The SMILES string of the molecule is Cc1cc(C)cc(-n2ccnc2SCc2nnc(C(=O)Nc3ccc(F)cc3)s2)c1. The standard InChI is InChI=1S/C21H18FN5OS2/c1-13-9-14(2)11-17(10-13)27-8-7-23-21(27)29-12-18-25-26-20(30-18)19(28)24-16-5-3-15(22)4-6-16/h3-11H,12H2,1-2H3,(H,24,28). The van der Waals surface area contributed by atoms with Gasteiger partial charge in [-0.3, -0.25) is 9.36 Å². The number of thioether (sulfide) groups is 1. The molecule has 0 aliphatic rings. The molecule has 0 unspecified atom stereocenters. The molecular weight excluding hydrogens is 421 g/mol. The second-order valence-corrected chi connectivity index (χ2v) is 8.68. The molecule has 2 aromatic heterocycles. The highest BCUT2D eigenvalue weighted by molar-refractivity contribution is 7.98. The number of amides is 1. The maximum Gasteiger partial charge on any atom is 0.286 e. The number of hydrogen-bond acceptors (Lipinski definition) is 6. The largest absolute Gasteiger partial charge is 0.320 e. The van der Waals surface area contributed by atoms with Crippen LogP contribution in [0.5, 0.6) is 0 Å². The molecule has 4 rings (SSSR count). The molecule has 0 spiro atoms. The van der Waals surface area contributed by atoms with Gasteiger partial charge in [0.15, 0.2) is 5.16 Å². The van der Waals surface area contributed by atoms with Gasteiger partial charge in [-0.15, -0.1) is 10.2 Å². The van der Waals surface area contributed by atoms with Crippen molar-refractivity contribution in [3.8, 4) is 5.69 Å². The summed E-state index contributed by atoms with van der Waals surface area (Å²) in [4.78, 5) is 16.8. The van der Waals surface area contributed by atoms with E-state index in [0.717, 1.165) is 15.9 Å². The van der Waals surface area contributed by atoms with Crippen molar-refractivity contribution >= 4 is 34.7 Å². The fourth-order valence-electron chi connectivity index (χ4n) is 2.93. The highest BCUT2D eigenvalue weighted by Crippen LogP contribution is 2.26. The summed E-state index contributed by atoms with van der Waals surface area (Å²) in [5.41, 5.74) is 3.94. The van der Waals surface area contributed by atoms with Gasteiger partial charge in [-0.25, -0.2) is 9.37 Å². The third-order valence-corrected chi connectivity index (χ3v) is 6.26. The molecule has 0 fully saturated rings. The first-order chi connectivity index (χ1) is 14.5. The number of aryl methyl sites for hydroxylation is 2. The lowest BCUT2D eigenvalue weighted by Crippen LogP contribution is -2.11. The Morgan fingerprint density at radius 1 is 1.13 bits per heavy atom. The van der Waals surface area contributed by atoms with E-state index < -0.39 is 0 Å². The van der Waals surface area contributed by atoms with Gasteiger partial charge in [0, 0.05) is 23.8 Å². The van der Waals surface area contributed by atoms with Crippen LogP contribution in [-0.2, 0) is 5.75 Å². The highest BCUT2D eigenvalue weighted by atomic mass is 32.2. The molecule has 9 heteroatoms. The first kappa shape index (κ1) is 20.2. The van der Waals surface area contributed by atoms with Crippen molar-refractivity contribution in [3.05, 3.63) is 81.8 Å². The Bertz CT molecular complexity index is 1170. The van der Waals surface area contributed by atoms with Crippen molar-refractivity contribution in [1.29, 1.82) is 0 Å². The van der Waals surface area contributed by atoms with Gasteiger partial charge in [0.05, 0.1) is 5.75 Å². The molecule has 2 heterocycles. The fourth-order valence-corrected chi connectivity index (χ4v) is 4.62. The number of imidazole rings is 1. The summed E-state index contributed by atoms with van der Waals surface area (Å²) in [6.07, 6.45) is 3.69. The normalized spacial score (nSPS) is 10.9. The summed E-state index contributed by atoms with van der Waals surface area (Å²) in [7, 11) is 0. The first-order valence-electron chi connectivity index (χ1n) is 9.12. The third kappa shape index (κ3) is 4.74. The smallest absolute Gasteiger partial charge is 0.286 e. The van der Waals surface area contributed by atoms with Crippen molar-refractivity contribution < 1.29 is 9.18 Å². The number of nitrogens with one attached hydrogen (secondary N) is 1. The van der Waals surface area contributed by atoms with E-state index in [1.54, 1.807) is 6.20 Å². The molecule has 152 valence electrons. The Morgan fingerprint density at radius 2 is 1.87 bits per heavy atom. The van der Waals surface area contributed by atoms with Gasteiger partial charge < -0.3 is 5.32 Å². The number of hydrogen-bond donors (Lipinski definition) is 1. The van der Waals surface area contributed by atoms with Gasteiger partial charge in [-0.1, -0.05) is 29.2 Å². The summed E-state index contributed by atoms with van der Waals surface area (Å²) in [5, 5.41) is 12.6. The van der Waals surface area contributed by atoms with Crippen LogP contribution in [-0.4, -0.2) is 25.7 Å². The van der Waals surface area contributed by atoms with E-state index in [1.807, 2.05) is 10.8 Å². The van der Waals surface area contributed by atoms with Crippen LogP contribution in [0.2, 0.25) is 0 Å². The molecule has 4 aromatic rings. The number of carbonyl (C=O) groups excluding carboxylic acids is 1. The van der Waals surface area contributed by atoms with E-state index in [2.05, 4.69) is 52.5 Å². The predicted molar refractivity (Wildman–Crippen MR) is 117 cm³/mol. The van der Waals surface area contributed by atoms with Gasteiger partial charge in [0.25, 0.3) is 5.91 Å². The molecule has 6 nitrogen and oxygen atoms in total. The summed E-state index contributed by atoms with van der Waals surface area (Å²) in [6.45, 7) is 4.14. The second-order valence-electron chi connectivity index (χ2n) is 6.68. The minimum Gasteiger partial charge on any atom is -0.320 e. The molecule has 1 amide bonds. The van der Waals surface area contributed by atoms with Gasteiger partial charge in [0.2, 0.25) is 5.01 Å². The van der Waals surface area contributed by atoms with Crippen LogP contribution >= 0.6 is 23.1 Å². The van der Waals surface area contributed by atoms with Crippen molar-refractivity contribution in [2.24, 2.45) is 0 Å². The Morgan fingerprint density at radius 3 is 2.60 bits per heavy atom. The topological polar surface area (TPSA) is 72.7 Å². The Hall–Kier alpha value is -3.04. The maximum atomic E-state index is 13.0. The second kappa shape index (κ2) is 8.76. The molecular formula is C21H18FN5OS2. The van der Waals surface area contributed by atoms with E-state index in [0.29, 0.717) is 11.4 Å². The monoisotopic (exact) mass is 439 g/mol. The molecule has 1 N–H and O–H groups in total. The van der Waals surface area contributed by atoms with E-state index >= 15 is 0 Å². The van der Waals surface area contributed by atoms with Crippen molar-refractivity contribution in [1.82, 2.24) is 19.7 Å². The molecule has 0 aliphatic carbocycles. The Labute approximate surface area is 181 Å². The van der Waals surface area contributed by atoms with Gasteiger partial charge in [-0.2, -0.15) is 0 Å². The number of aromatic nitrogens is 4. The lowest BCUT2D eigenvalue weighted by molar-refractivity contribution is 0.102. The van der Waals surface area contributed by atoms with E-state index in [-0.39, 0.29) is 16.7 Å². The summed E-state index contributed by atoms with van der Waals surface area (Å²) < 4.78 is 15.0. The number of carbonyl (C=O) groups is 1. The number of benzene rings is 2. The van der Waals surface area contributed by atoms with Gasteiger partial charge in [-0.05, 0) is 61.4 Å². The number of rotatable bonds is 6. The lowest BCUT2D eigenvalue weighted by Gasteiger charge is -2.09. The molecule has 0 saturated heterocycles. The van der Waals surface area contributed by atoms with Crippen molar-refractivity contribution in [3.63, 3.8) is 0 Å². The van der Waals surface area contributed by atoms with Crippen molar-refractivity contribution in [2.75, 3.05) is 5.32 Å². The third-order valence-electron chi connectivity index (χ3n) is 4.18. The molecule has 30 heavy (non-hydrogen) atoms. The van der Waals surface area contributed by atoms with E-state index in [9.17, 15) is 9.18 Å². The fraction of sp³-hybridized carbons (Fsp3) is 0.143. The molecule has 0 aliphatic heterocycles. The van der Waals surface area contributed by atoms with Crippen LogP contribution in [0.25, 0.3) is 5.69 Å². The zero-order chi connectivity index (χ0) is 21.1. The molecule has 0 radical (unpaired) electrons. The molecule has 0 saturated carbocycles. The highest BCUT2D eigenvalue weighted by Gasteiger charge is 2.15. The van der Waals surface area contributed by atoms with Crippen LogP contribution < -0.4 is 5.32 Å². The van der Waals surface area contributed by atoms with Gasteiger partial charge >= 0.3 is 0 Å². The number of nitrogens with zero attached hydrogens (tertiary/aromatic N) is 4. The quantitative estimate of drug-likeness (QED) is 0.427. The molecule has 2 aromatic carbocycles. The van der Waals surface area contributed by atoms with Gasteiger partial charge in [0.1, 0.15) is 10.8 Å². The zero-order valence-corrected chi connectivity index (χ0v) is 17.9. The van der Waals surface area contributed by atoms with Crippen LogP contribution in [0.1, 0.15) is 25.9 Å². The van der Waals surface area contributed by atoms with Crippen LogP contribution in [0, 0.1) is 19.7 Å². The van der Waals surface area contributed by atoms with Crippen molar-refractivity contribution in [2.45, 2.75) is 24.8 Å². The molecule has 0 bridgehead atoms. The van der Waals surface area contributed by atoms with Crippen LogP contribution in [0.3, 0.4) is 0 Å². The average molecular weight is 440 g/mol. The maximum absolute atomic E-state index is 13.0. The van der Waals surface area contributed by atoms with E-state index in [4.69, 9.17) is 0 Å². The lowest BCUT2D eigenvalue weighted by atomic mass is 10.1.